The zero-order valence-electron chi connectivity index (χ0n) is 19.5. The molecule has 0 fully saturated rings. The summed E-state index contributed by atoms with van der Waals surface area (Å²) in [5, 5.41) is 13.8. The molecule has 4 nitrogen and oxygen atoms in total. The number of ether oxygens (including phenoxy) is 3. The first-order valence-corrected chi connectivity index (χ1v) is 11.5. The highest BCUT2D eigenvalue weighted by atomic mass is 16.5. The molecule has 0 spiro atoms. The number of aryl methyl sites for hydroxylation is 2. The van der Waals surface area contributed by atoms with Gasteiger partial charge in [0.25, 0.3) is 0 Å². The van der Waals surface area contributed by atoms with E-state index in [-0.39, 0.29) is 6.61 Å². The fraction of sp³-hybridized carbons (Fsp3) is 0.310. The maximum absolute atomic E-state index is 8.74. The van der Waals surface area contributed by atoms with Gasteiger partial charge in [-0.15, -0.1) is 0 Å². The Morgan fingerprint density at radius 3 is 1.85 bits per heavy atom. The van der Waals surface area contributed by atoms with Crippen molar-refractivity contribution in [3.63, 3.8) is 0 Å². The molecule has 0 atom stereocenters. The Morgan fingerprint density at radius 2 is 1.18 bits per heavy atom. The summed E-state index contributed by atoms with van der Waals surface area (Å²) in [6.07, 6.45) is 0. The average molecular weight is 445 g/mol. The Hall–Kier alpha value is -2.76. The Bertz CT molecular complexity index is 1200. The van der Waals surface area contributed by atoms with Gasteiger partial charge in [0.2, 0.25) is 0 Å². The van der Waals surface area contributed by atoms with E-state index in [0.717, 1.165) is 0 Å². The Labute approximate surface area is 195 Å². The largest absolute Gasteiger partial charge is 0.394 e. The Kier molecular flexibility index (Phi) is 8.08. The van der Waals surface area contributed by atoms with Gasteiger partial charge in [0.15, 0.2) is 0 Å². The zero-order valence-corrected chi connectivity index (χ0v) is 19.5. The minimum absolute atomic E-state index is 0.0333. The molecule has 0 unspecified atom stereocenters. The lowest BCUT2D eigenvalue weighted by Crippen LogP contribution is -2.11. The second-order valence-electron chi connectivity index (χ2n) is 8.32. The van der Waals surface area contributed by atoms with E-state index in [1.807, 2.05) is 0 Å². The molecular weight excluding hydrogens is 412 g/mol. The molecule has 0 aliphatic carbocycles. The molecule has 0 saturated carbocycles. The van der Waals surface area contributed by atoms with Crippen molar-refractivity contribution in [1.29, 1.82) is 0 Å². The van der Waals surface area contributed by atoms with Crippen LogP contribution in [0.3, 0.4) is 0 Å². The van der Waals surface area contributed by atoms with Crippen LogP contribution in [0.4, 0.5) is 0 Å². The van der Waals surface area contributed by atoms with Gasteiger partial charge in [-0.25, -0.2) is 0 Å². The van der Waals surface area contributed by atoms with Gasteiger partial charge in [0.05, 0.1) is 46.2 Å². The standard InChI is InChI=1S/C29H32O4/c1-21-8-10-24-25-11-9-22(2)19-27(25)29(23-6-4-3-5-7-23)28(26(24)18-21)20-33-17-16-32-15-14-31-13-12-30/h3-11,18-19,30H,12-17,20H2,1-2H3. The van der Waals surface area contributed by atoms with Crippen molar-refractivity contribution in [2.75, 3.05) is 39.6 Å². The van der Waals surface area contributed by atoms with E-state index in [2.05, 4.69) is 80.6 Å². The third-order valence-corrected chi connectivity index (χ3v) is 5.83. The van der Waals surface area contributed by atoms with Crippen LogP contribution in [0.2, 0.25) is 0 Å². The predicted molar refractivity (Wildman–Crippen MR) is 135 cm³/mol. The van der Waals surface area contributed by atoms with Gasteiger partial charge in [-0.05, 0) is 52.1 Å². The van der Waals surface area contributed by atoms with E-state index in [1.54, 1.807) is 0 Å². The highest BCUT2D eigenvalue weighted by Crippen LogP contribution is 2.40. The van der Waals surface area contributed by atoms with Crippen molar-refractivity contribution in [2.24, 2.45) is 0 Å². The van der Waals surface area contributed by atoms with Gasteiger partial charge in [0.1, 0.15) is 0 Å². The lowest BCUT2D eigenvalue weighted by Gasteiger charge is -2.19. The highest BCUT2D eigenvalue weighted by molar-refractivity contribution is 6.16. The molecule has 0 aromatic heterocycles. The molecule has 4 aromatic rings. The summed E-state index contributed by atoms with van der Waals surface area (Å²) in [5.41, 5.74) is 6.14. The number of hydrogen-bond acceptors (Lipinski definition) is 4. The molecule has 0 aliphatic heterocycles. The van der Waals surface area contributed by atoms with E-state index in [0.29, 0.717) is 39.6 Å². The minimum atomic E-state index is 0.0333. The van der Waals surface area contributed by atoms with Crippen molar-refractivity contribution in [3.05, 3.63) is 83.4 Å². The number of aliphatic hydroxyl groups is 1. The Morgan fingerprint density at radius 1 is 0.606 bits per heavy atom. The first kappa shape index (κ1) is 23.4. The van der Waals surface area contributed by atoms with Crippen LogP contribution >= 0.6 is 0 Å². The molecule has 0 radical (unpaired) electrons. The predicted octanol–water partition coefficient (Wildman–Crippen LogP) is 5.82. The number of aliphatic hydroxyl groups excluding tert-OH is 1. The maximum atomic E-state index is 8.74. The van der Waals surface area contributed by atoms with Gasteiger partial charge in [-0.3, -0.25) is 0 Å². The molecule has 1 N–H and O–H groups in total. The molecule has 0 bridgehead atoms. The molecule has 4 aromatic carbocycles. The summed E-state index contributed by atoms with van der Waals surface area (Å²) in [5.74, 6) is 0. The van der Waals surface area contributed by atoms with Crippen molar-refractivity contribution in [1.82, 2.24) is 0 Å². The van der Waals surface area contributed by atoms with E-state index in [9.17, 15) is 0 Å². The highest BCUT2D eigenvalue weighted by Gasteiger charge is 2.16. The normalized spacial score (nSPS) is 11.5. The molecule has 4 rings (SSSR count). The van der Waals surface area contributed by atoms with Gasteiger partial charge < -0.3 is 19.3 Å². The second-order valence-corrected chi connectivity index (χ2v) is 8.32. The molecular formula is C29H32O4. The number of hydrogen-bond donors (Lipinski definition) is 1. The monoisotopic (exact) mass is 444 g/mol. The molecule has 0 heterocycles. The van der Waals surface area contributed by atoms with Crippen LogP contribution in [0.5, 0.6) is 0 Å². The first-order valence-electron chi connectivity index (χ1n) is 11.5. The van der Waals surface area contributed by atoms with Crippen LogP contribution in [-0.2, 0) is 20.8 Å². The van der Waals surface area contributed by atoms with Crippen LogP contribution in [-0.4, -0.2) is 44.7 Å². The summed E-state index contributed by atoms with van der Waals surface area (Å²) in [4.78, 5) is 0. The quantitative estimate of drug-likeness (QED) is 0.234. The summed E-state index contributed by atoms with van der Waals surface area (Å²) < 4.78 is 16.9. The molecule has 0 aliphatic rings. The van der Waals surface area contributed by atoms with E-state index in [4.69, 9.17) is 19.3 Å². The van der Waals surface area contributed by atoms with Crippen molar-refractivity contribution in [3.8, 4) is 11.1 Å². The van der Waals surface area contributed by atoms with Crippen LogP contribution < -0.4 is 0 Å². The number of benzene rings is 4. The first-order chi connectivity index (χ1) is 16.2. The van der Waals surface area contributed by atoms with E-state index in [1.165, 1.54) is 49.4 Å². The van der Waals surface area contributed by atoms with Gasteiger partial charge in [0, 0.05) is 0 Å². The lowest BCUT2D eigenvalue weighted by molar-refractivity contribution is 0.00473. The molecule has 172 valence electrons. The van der Waals surface area contributed by atoms with E-state index >= 15 is 0 Å². The SMILES string of the molecule is Cc1ccc2c(c1)c(COCCOCCOCCO)c(-c1ccccc1)c1cc(C)ccc12. The summed E-state index contributed by atoms with van der Waals surface area (Å²) in [6, 6.07) is 24.0. The topological polar surface area (TPSA) is 47.9 Å². The van der Waals surface area contributed by atoms with Gasteiger partial charge in [-0.1, -0.05) is 77.9 Å². The third-order valence-electron chi connectivity index (χ3n) is 5.83. The number of rotatable bonds is 11. The summed E-state index contributed by atoms with van der Waals surface area (Å²) in [7, 11) is 0. The fourth-order valence-corrected chi connectivity index (χ4v) is 4.30. The maximum Gasteiger partial charge on any atom is 0.0730 e. The van der Waals surface area contributed by atoms with Crippen molar-refractivity contribution < 1.29 is 19.3 Å². The number of fused-ring (bicyclic) bond motifs is 3. The minimum Gasteiger partial charge on any atom is -0.394 e. The molecule has 33 heavy (non-hydrogen) atoms. The lowest BCUT2D eigenvalue weighted by atomic mass is 9.87. The molecule has 4 heteroatoms. The van der Waals surface area contributed by atoms with Crippen molar-refractivity contribution >= 4 is 21.5 Å². The van der Waals surface area contributed by atoms with Crippen LogP contribution in [0.25, 0.3) is 32.7 Å². The summed E-state index contributed by atoms with van der Waals surface area (Å²) >= 11 is 0. The smallest absolute Gasteiger partial charge is 0.0730 e. The van der Waals surface area contributed by atoms with Crippen LogP contribution in [0, 0.1) is 13.8 Å². The van der Waals surface area contributed by atoms with Crippen LogP contribution in [0.15, 0.2) is 66.7 Å². The molecule has 0 amide bonds. The molecule has 0 saturated heterocycles. The van der Waals surface area contributed by atoms with Gasteiger partial charge in [-0.2, -0.15) is 0 Å². The van der Waals surface area contributed by atoms with Crippen LogP contribution in [0.1, 0.15) is 16.7 Å². The van der Waals surface area contributed by atoms with Crippen molar-refractivity contribution in [2.45, 2.75) is 20.5 Å². The fourth-order valence-electron chi connectivity index (χ4n) is 4.30. The second kappa shape index (κ2) is 11.4. The third kappa shape index (κ3) is 5.60. The zero-order chi connectivity index (χ0) is 23.0. The summed E-state index contributed by atoms with van der Waals surface area (Å²) in [6.45, 7) is 7.16. The van der Waals surface area contributed by atoms with Gasteiger partial charge >= 0.3 is 0 Å². The van der Waals surface area contributed by atoms with E-state index < -0.39 is 0 Å². The average Bonchev–Trinajstić information content (AvgIpc) is 2.83. The Balaban J connectivity index is 1.67.